The molecule has 2 amide bonds. The molecule has 0 fully saturated rings. The van der Waals surface area contributed by atoms with Crippen LogP contribution in [0.3, 0.4) is 0 Å². The molecule has 0 aliphatic heterocycles. The van der Waals surface area contributed by atoms with Crippen LogP contribution in [0.1, 0.15) is 0 Å². The van der Waals surface area contributed by atoms with E-state index in [9.17, 15) is 9.59 Å². The van der Waals surface area contributed by atoms with Crippen molar-refractivity contribution in [3.05, 3.63) is 16.4 Å². The van der Waals surface area contributed by atoms with Crippen LogP contribution in [0, 0.1) is 0 Å². The largest absolute Gasteiger partial charge is 0.346 e. The molecule has 1 aromatic rings. The summed E-state index contributed by atoms with van der Waals surface area (Å²) in [5, 5.41) is 4.18. The number of nitrogens with zero attached hydrogens (tertiary/aromatic N) is 2. The van der Waals surface area contributed by atoms with Crippen LogP contribution in [-0.2, 0) is 16.6 Å². The maximum atomic E-state index is 11.3. The van der Waals surface area contributed by atoms with Crippen molar-refractivity contribution in [1.82, 2.24) is 9.88 Å². The first-order valence-corrected chi connectivity index (χ1v) is 5.16. The van der Waals surface area contributed by atoms with E-state index in [4.69, 9.17) is 5.73 Å². The van der Waals surface area contributed by atoms with Gasteiger partial charge < -0.3 is 15.6 Å². The molecule has 1 aromatic heterocycles. The molecule has 0 atom stereocenters. The van der Waals surface area contributed by atoms with Crippen LogP contribution in [0.15, 0.2) is 16.6 Å². The van der Waals surface area contributed by atoms with E-state index in [2.05, 4.69) is 10.3 Å². The van der Waals surface area contributed by atoms with Crippen molar-refractivity contribution in [2.75, 3.05) is 13.1 Å². The van der Waals surface area contributed by atoms with E-state index >= 15 is 0 Å². The Morgan fingerprint density at radius 1 is 1.62 bits per heavy atom. The van der Waals surface area contributed by atoms with E-state index in [1.165, 1.54) is 11.3 Å². The average Bonchev–Trinajstić information content (AvgIpc) is 2.61. The Labute approximate surface area is 103 Å². The highest BCUT2D eigenvalue weighted by Gasteiger charge is 2.02. The third-order valence-corrected chi connectivity index (χ3v) is 2.45. The maximum Gasteiger partial charge on any atom is 0.267 e. The van der Waals surface area contributed by atoms with Gasteiger partial charge in [-0.15, -0.1) is 23.7 Å². The van der Waals surface area contributed by atoms with Crippen LogP contribution in [0.2, 0.25) is 0 Å². The molecule has 6 nitrogen and oxygen atoms in total. The zero-order chi connectivity index (χ0) is 11.3. The Bertz CT molecular complexity index is 426. The van der Waals surface area contributed by atoms with Crippen molar-refractivity contribution in [3.8, 4) is 0 Å². The van der Waals surface area contributed by atoms with Gasteiger partial charge in [0.05, 0.1) is 13.1 Å². The van der Waals surface area contributed by atoms with E-state index in [0.29, 0.717) is 4.80 Å². The predicted molar refractivity (Wildman–Crippen MR) is 63.2 cm³/mol. The predicted octanol–water partition coefficient (Wildman–Crippen LogP) is -0.989. The van der Waals surface area contributed by atoms with Crippen LogP contribution in [0.25, 0.3) is 0 Å². The van der Waals surface area contributed by atoms with E-state index in [1.54, 1.807) is 17.8 Å². The second kappa shape index (κ2) is 7.15. The second-order valence-corrected chi connectivity index (χ2v) is 3.66. The third-order valence-electron chi connectivity index (χ3n) is 1.60. The number of thiazole rings is 1. The number of aromatic nitrogens is 1. The summed E-state index contributed by atoms with van der Waals surface area (Å²) in [5.74, 6) is -0.760. The van der Waals surface area contributed by atoms with Crippen molar-refractivity contribution in [2.45, 2.75) is 0 Å². The van der Waals surface area contributed by atoms with Gasteiger partial charge in [-0.1, -0.05) is 0 Å². The molecule has 3 N–H and O–H groups in total. The Hall–Kier alpha value is -1.18. The lowest BCUT2D eigenvalue weighted by Crippen LogP contribution is -2.34. The number of amides is 2. The van der Waals surface area contributed by atoms with Gasteiger partial charge in [0.15, 0.2) is 4.80 Å². The molecule has 16 heavy (non-hydrogen) atoms. The van der Waals surface area contributed by atoms with Crippen LogP contribution in [0.4, 0.5) is 0 Å². The zero-order valence-electron chi connectivity index (χ0n) is 8.67. The fraction of sp³-hybridized carbons (Fsp3) is 0.375. The topological polar surface area (TPSA) is 89.5 Å². The van der Waals surface area contributed by atoms with Gasteiger partial charge in [0.1, 0.15) is 0 Å². The summed E-state index contributed by atoms with van der Waals surface area (Å²) in [6.45, 7) is -0.242. The number of halogens is 1. The number of carbonyl (C=O) groups excluding carboxylic acids is 2. The first kappa shape index (κ1) is 14.8. The summed E-state index contributed by atoms with van der Waals surface area (Å²) >= 11 is 1.36. The molecular weight excluding hydrogens is 252 g/mol. The number of hydrogen-bond donors (Lipinski definition) is 2. The van der Waals surface area contributed by atoms with Crippen molar-refractivity contribution in [3.63, 3.8) is 0 Å². The van der Waals surface area contributed by atoms with Crippen molar-refractivity contribution < 1.29 is 9.59 Å². The molecule has 0 aromatic carbocycles. The molecule has 90 valence electrons. The minimum atomic E-state index is -0.394. The number of nitrogens with one attached hydrogen (secondary N) is 1. The minimum Gasteiger partial charge on any atom is -0.346 e. The SMILES string of the molecule is Cl.Cn1ccsc1=NC(=O)CNC(=O)CN. The normalized spacial score (nSPS) is 10.8. The van der Waals surface area contributed by atoms with Crippen molar-refractivity contribution in [2.24, 2.45) is 17.8 Å². The van der Waals surface area contributed by atoms with Crippen LogP contribution < -0.4 is 15.9 Å². The lowest BCUT2D eigenvalue weighted by molar-refractivity contribution is -0.123. The van der Waals surface area contributed by atoms with Gasteiger partial charge in [-0.2, -0.15) is 4.99 Å². The summed E-state index contributed by atoms with van der Waals surface area (Å²) < 4.78 is 1.73. The molecule has 0 radical (unpaired) electrons. The number of carbonyl (C=O) groups is 2. The lowest BCUT2D eigenvalue weighted by atomic mass is 10.5. The van der Waals surface area contributed by atoms with E-state index in [-0.39, 0.29) is 31.4 Å². The number of nitrogens with two attached hydrogens (primary N) is 1. The summed E-state index contributed by atoms with van der Waals surface area (Å²) in [6.07, 6.45) is 1.80. The Kier molecular flexibility index (Phi) is 6.63. The maximum absolute atomic E-state index is 11.3. The molecule has 1 rings (SSSR count). The van der Waals surface area contributed by atoms with Gasteiger partial charge >= 0.3 is 0 Å². The highest BCUT2D eigenvalue weighted by Crippen LogP contribution is 1.86. The first-order chi connectivity index (χ1) is 7.13. The fourth-order valence-electron chi connectivity index (χ4n) is 0.827. The summed E-state index contributed by atoms with van der Waals surface area (Å²) in [5.41, 5.74) is 5.06. The van der Waals surface area contributed by atoms with Gasteiger partial charge in [-0.25, -0.2) is 0 Å². The number of hydrogen-bond acceptors (Lipinski definition) is 4. The molecule has 0 aliphatic carbocycles. The highest BCUT2D eigenvalue weighted by atomic mass is 35.5. The van der Waals surface area contributed by atoms with E-state index < -0.39 is 5.91 Å². The first-order valence-electron chi connectivity index (χ1n) is 4.28. The third kappa shape index (κ3) is 4.56. The monoisotopic (exact) mass is 264 g/mol. The molecule has 8 heteroatoms. The Morgan fingerprint density at radius 2 is 2.31 bits per heavy atom. The molecule has 1 heterocycles. The quantitative estimate of drug-likeness (QED) is 0.735. The average molecular weight is 265 g/mol. The summed E-state index contributed by atoms with van der Waals surface area (Å²) in [6, 6.07) is 0. The van der Waals surface area contributed by atoms with Gasteiger partial charge in [0.25, 0.3) is 5.91 Å². The van der Waals surface area contributed by atoms with Gasteiger partial charge in [0, 0.05) is 18.6 Å². The second-order valence-electron chi connectivity index (χ2n) is 2.78. The minimum absolute atomic E-state index is 0. The van der Waals surface area contributed by atoms with Crippen molar-refractivity contribution >= 4 is 35.6 Å². The Morgan fingerprint density at radius 3 is 2.81 bits per heavy atom. The highest BCUT2D eigenvalue weighted by molar-refractivity contribution is 7.07. The van der Waals surface area contributed by atoms with E-state index in [1.807, 2.05) is 5.38 Å². The standard InChI is InChI=1S/C8H12N4O2S.ClH/c1-12-2-3-15-8(12)11-7(14)5-10-6(13)4-9;/h2-3H,4-5,9H2,1H3,(H,10,13);1H. The number of aryl methyl sites for hydroxylation is 1. The zero-order valence-corrected chi connectivity index (χ0v) is 10.3. The molecule has 0 saturated heterocycles. The van der Waals surface area contributed by atoms with Gasteiger partial charge in [0.2, 0.25) is 5.91 Å². The van der Waals surface area contributed by atoms with E-state index in [0.717, 1.165) is 0 Å². The van der Waals surface area contributed by atoms with Crippen molar-refractivity contribution in [1.29, 1.82) is 0 Å². The molecule has 0 saturated carbocycles. The fourth-order valence-corrected chi connectivity index (χ4v) is 1.57. The van der Waals surface area contributed by atoms with Crippen LogP contribution >= 0.6 is 23.7 Å². The summed E-state index contributed by atoms with van der Waals surface area (Å²) in [4.78, 5) is 26.4. The Balaban J connectivity index is 0.00000225. The molecule has 0 spiro atoms. The van der Waals surface area contributed by atoms with Gasteiger partial charge in [-0.3, -0.25) is 9.59 Å². The molecule has 0 bridgehead atoms. The summed E-state index contributed by atoms with van der Waals surface area (Å²) in [7, 11) is 1.79. The molecule has 0 unspecified atom stereocenters. The van der Waals surface area contributed by atoms with Crippen LogP contribution in [0.5, 0.6) is 0 Å². The molecule has 0 aliphatic rings. The smallest absolute Gasteiger partial charge is 0.267 e. The number of rotatable bonds is 3. The lowest BCUT2D eigenvalue weighted by Gasteiger charge is -1.98. The van der Waals surface area contributed by atoms with Crippen LogP contribution in [-0.4, -0.2) is 29.5 Å². The molecular formula is C8H13ClN4O2S. The van der Waals surface area contributed by atoms with Gasteiger partial charge in [-0.05, 0) is 0 Å².